The lowest BCUT2D eigenvalue weighted by Crippen LogP contribution is -2.47. The van der Waals surface area contributed by atoms with E-state index >= 15 is 0 Å². The fourth-order valence-corrected chi connectivity index (χ4v) is 3.39. The molecule has 0 radical (unpaired) electrons. The van der Waals surface area contributed by atoms with Gasteiger partial charge in [-0.1, -0.05) is 0 Å². The van der Waals surface area contributed by atoms with Crippen LogP contribution in [0.15, 0.2) is 12.1 Å². The van der Waals surface area contributed by atoms with Gasteiger partial charge in [-0.05, 0) is 19.8 Å². The van der Waals surface area contributed by atoms with Crippen molar-refractivity contribution >= 4 is 17.5 Å². The number of methoxy groups -OCH3 is 1. The Labute approximate surface area is 144 Å². The average Bonchev–Trinajstić information content (AvgIpc) is 2.87. The molecular weight excluding hydrogens is 334 g/mol. The van der Waals surface area contributed by atoms with Crippen LogP contribution >= 0.6 is 0 Å². The van der Waals surface area contributed by atoms with E-state index in [4.69, 9.17) is 9.47 Å². The molecule has 1 amide bonds. The molecule has 2 heterocycles. The lowest BCUT2D eigenvalue weighted by atomic mass is 9.92. The second kappa shape index (κ2) is 6.76. The third-order valence-electron chi connectivity index (χ3n) is 4.70. The van der Waals surface area contributed by atoms with Crippen LogP contribution in [0, 0.1) is 11.6 Å². The molecule has 3 rings (SSSR count). The van der Waals surface area contributed by atoms with Gasteiger partial charge in [-0.2, -0.15) is 0 Å². The van der Waals surface area contributed by atoms with Gasteiger partial charge in [0.1, 0.15) is 11.8 Å². The van der Waals surface area contributed by atoms with Crippen LogP contribution < -0.4 is 9.80 Å². The molecule has 0 saturated carbocycles. The van der Waals surface area contributed by atoms with Crippen molar-refractivity contribution in [1.82, 2.24) is 0 Å². The maximum atomic E-state index is 14.6. The first-order chi connectivity index (χ1) is 11.8. The van der Waals surface area contributed by atoms with Gasteiger partial charge >= 0.3 is 6.09 Å². The van der Waals surface area contributed by atoms with Crippen molar-refractivity contribution in [2.24, 2.45) is 0 Å². The van der Waals surface area contributed by atoms with Crippen molar-refractivity contribution in [3.63, 3.8) is 0 Å². The Morgan fingerprint density at radius 3 is 2.40 bits per heavy atom. The maximum absolute atomic E-state index is 14.6. The van der Waals surface area contributed by atoms with E-state index in [1.807, 2.05) is 0 Å². The summed E-state index contributed by atoms with van der Waals surface area (Å²) in [5, 5.41) is 10.3. The van der Waals surface area contributed by atoms with Crippen LogP contribution in [0.2, 0.25) is 0 Å². The molecule has 1 aromatic rings. The van der Waals surface area contributed by atoms with Gasteiger partial charge in [-0.25, -0.2) is 13.6 Å². The van der Waals surface area contributed by atoms with Crippen LogP contribution in [0.1, 0.15) is 19.8 Å². The number of amides is 1. The molecule has 1 N–H and O–H groups in total. The van der Waals surface area contributed by atoms with E-state index < -0.39 is 23.3 Å². The van der Waals surface area contributed by atoms with Gasteiger partial charge in [-0.15, -0.1) is 0 Å². The number of carbonyl (C=O) groups excluding carboxylic acids is 1. The van der Waals surface area contributed by atoms with Crippen LogP contribution in [0.4, 0.5) is 25.0 Å². The van der Waals surface area contributed by atoms with Crippen molar-refractivity contribution in [2.75, 3.05) is 43.2 Å². The zero-order valence-corrected chi connectivity index (χ0v) is 14.3. The highest BCUT2D eigenvalue weighted by molar-refractivity contribution is 5.90. The van der Waals surface area contributed by atoms with Crippen LogP contribution in [0.3, 0.4) is 0 Å². The molecule has 0 aliphatic carbocycles. The van der Waals surface area contributed by atoms with Crippen LogP contribution in [-0.4, -0.2) is 56.3 Å². The summed E-state index contributed by atoms with van der Waals surface area (Å²) < 4.78 is 39.1. The minimum Gasteiger partial charge on any atom is -0.444 e. The summed E-state index contributed by atoms with van der Waals surface area (Å²) in [7, 11) is 1.51. The SMILES string of the molecule is COCC1(O)CCN(c2c(F)cc(N3CC(C)OC3=O)cc2F)CC1. The molecule has 2 fully saturated rings. The quantitative estimate of drug-likeness (QED) is 0.897. The van der Waals surface area contributed by atoms with Crippen molar-refractivity contribution in [1.29, 1.82) is 0 Å². The summed E-state index contributed by atoms with van der Waals surface area (Å²) in [6, 6.07) is 2.29. The molecule has 2 aliphatic rings. The first kappa shape index (κ1) is 17.9. The molecule has 25 heavy (non-hydrogen) atoms. The highest BCUT2D eigenvalue weighted by Gasteiger charge is 2.35. The largest absolute Gasteiger partial charge is 0.444 e. The van der Waals surface area contributed by atoms with Gasteiger partial charge in [0.05, 0.1) is 24.4 Å². The number of aliphatic hydroxyl groups is 1. The minimum absolute atomic E-state index is 0.135. The predicted octanol–water partition coefficient (Wildman–Crippen LogP) is 2.29. The van der Waals surface area contributed by atoms with Crippen LogP contribution in [-0.2, 0) is 9.47 Å². The molecule has 2 aliphatic heterocycles. The third-order valence-corrected chi connectivity index (χ3v) is 4.70. The second-order valence-electron chi connectivity index (χ2n) is 6.71. The van der Waals surface area contributed by atoms with Crippen LogP contribution in [0.25, 0.3) is 0 Å². The molecule has 0 aromatic heterocycles. The van der Waals surface area contributed by atoms with Crippen molar-refractivity contribution in [3.8, 4) is 0 Å². The van der Waals surface area contributed by atoms with E-state index in [0.29, 0.717) is 25.9 Å². The number of piperidine rings is 1. The molecule has 8 heteroatoms. The summed E-state index contributed by atoms with van der Waals surface area (Å²) in [5.74, 6) is -1.47. The zero-order valence-electron chi connectivity index (χ0n) is 14.3. The lowest BCUT2D eigenvalue weighted by molar-refractivity contribution is -0.0473. The van der Waals surface area contributed by atoms with E-state index in [1.54, 1.807) is 11.8 Å². The predicted molar refractivity (Wildman–Crippen MR) is 87.9 cm³/mol. The molecule has 138 valence electrons. The average molecular weight is 356 g/mol. The van der Waals surface area contributed by atoms with E-state index in [-0.39, 0.29) is 30.6 Å². The van der Waals surface area contributed by atoms with Crippen LogP contribution in [0.5, 0.6) is 0 Å². The minimum atomic E-state index is -0.965. The fraction of sp³-hybridized carbons (Fsp3) is 0.588. The number of nitrogens with zero attached hydrogens (tertiary/aromatic N) is 2. The number of cyclic esters (lactones) is 1. The summed E-state index contributed by atoms with van der Waals surface area (Å²) in [6.07, 6.45) is -0.213. The van der Waals surface area contributed by atoms with Gasteiger partial charge in [0.2, 0.25) is 0 Å². The van der Waals surface area contributed by atoms with Gasteiger partial charge < -0.3 is 19.5 Å². The van der Waals surface area contributed by atoms with E-state index in [0.717, 1.165) is 12.1 Å². The number of anilines is 2. The lowest BCUT2D eigenvalue weighted by Gasteiger charge is -2.39. The Morgan fingerprint density at radius 1 is 1.32 bits per heavy atom. The second-order valence-corrected chi connectivity index (χ2v) is 6.71. The molecule has 0 spiro atoms. The number of benzene rings is 1. The van der Waals surface area contributed by atoms with Gasteiger partial charge in [-0.3, -0.25) is 4.90 Å². The number of hydrogen-bond donors (Lipinski definition) is 1. The monoisotopic (exact) mass is 356 g/mol. The van der Waals surface area contributed by atoms with E-state index in [2.05, 4.69) is 0 Å². The Kier molecular flexibility index (Phi) is 4.83. The molecule has 2 saturated heterocycles. The summed E-state index contributed by atoms with van der Waals surface area (Å²) in [6.45, 7) is 2.80. The zero-order chi connectivity index (χ0) is 18.2. The molecule has 0 bridgehead atoms. The van der Waals surface area contributed by atoms with Crippen molar-refractivity contribution < 1.29 is 28.2 Å². The van der Waals surface area contributed by atoms with E-state index in [1.165, 1.54) is 12.0 Å². The molecule has 6 nitrogen and oxygen atoms in total. The van der Waals surface area contributed by atoms with Crippen molar-refractivity contribution in [3.05, 3.63) is 23.8 Å². The molecule has 1 atom stereocenters. The Hall–Kier alpha value is -1.93. The molecule has 1 unspecified atom stereocenters. The van der Waals surface area contributed by atoms with Gasteiger partial charge in [0.15, 0.2) is 11.6 Å². The number of carbonyl (C=O) groups is 1. The number of rotatable bonds is 4. The highest BCUT2D eigenvalue weighted by atomic mass is 19.1. The third kappa shape index (κ3) is 3.55. The highest BCUT2D eigenvalue weighted by Crippen LogP contribution is 2.34. The number of halogens is 2. The molecule has 1 aromatic carbocycles. The van der Waals surface area contributed by atoms with Gasteiger partial charge in [0, 0.05) is 32.3 Å². The standard InChI is InChI=1S/C17H22F2N2O4/c1-11-9-21(16(22)25-11)12-7-13(18)15(14(19)8-12)20-5-3-17(23,4-6-20)10-24-2/h7-8,11,23H,3-6,9-10H2,1-2H3. The summed E-state index contributed by atoms with van der Waals surface area (Å²) >= 11 is 0. The first-order valence-electron chi connectivity index (χ1n) is 8.26. The topological polar surface area (TPSA) is 62.2 Å². The normalized spacial score (nSPS) is 23.1. The Balaban J connectivity index is 1.79. The smallest absolute Gasteiger partial charge is 0.414 e. The van der Waals surface area contributed by atoms with Gasteiger partial charge in [0.25, 0.3) is 0 Å². The first-order valence-corrected chi connectivity index (χ1v) is 8.26. The molecular formula is C17H22F2N2O4. The maximum Gasteiger partial charge on any atom is 0.414 e. The Bertz CT molecular complexity index is 639. The number of ether oxygens (including phenoxy) is 2. The summed E-state index contributed by atoms with van der Waals surface area (Å²) in [4.78, 5) is 14.5. The fourth-order valence-electron chi connectivity index (χ4n) is 3.39. The summed E-state index contributed by atoms with van der Waals surface area (Å²) in [5.41, 5.74) is -0.960. The van der Waals surface area contributed by atoms with E-state index in [9.17, 15) is 18.7 Å². The van der Waals surface area contributed by atoms with Crippen molar-refractivity contribution in [2.45, 2.75) is 31.5 Å². The Morgan fingerprint density at radius 2 is 1.92 bits per heavy atom. The number of hydrogen-bond acceptors (Lipinski definition) is 5.